The van der Waals surface area contributed by atoms with Crippen molar-refractivity contribution in [2.75, 3.05) is 5.73 Å². The molecule has 2 N–H and O–H groups in total. The van der Waals surface area contributed by atoms with E-state index in [2.05, 4.69) is 15.2 Å². The number of pyridine rings is 1. The lowest BCUT2D eigenvalue weighted by molar-refractivity contribution is 0.116. The summed E-state index contributed by atoms with van der Waals surface area (Å²) in [6.07, 6.45) is -1.35. The fraction of sp³-hybridized carbons (Fsp3) is 0.125. The quantitative estimate of drug-likeness (QED) is 0.818. The maximum Gasteiger partial charge on any atom is 0.314 e. The maximum atomic E-state index is 12.1. The lowest BCUT2D eigenvalue weighted by Crippen LogP contribution is -1.89. The number of nitrogens with two attached hydrogens (primary N) is 1. The van der Waals surface area contributed by atoms with E-state index in [9.17, 15) is 8.78 Å². The lowest BCUT2D eigenvalue weighted by Gasteiger charge is -1.95. The molecule has 0 aliphatic carbocycles. The number of rotatable bonds is 2. The van der Waals surface area contributed by atoms with E-state index < -0.39 is 12.3 Å². The Labute approximate surface area is 82.9 Å². The highest BCUT2D eigenvalue weighted by Gasteiger charge is 2.16. The van der Waals surface area contributed by atoms with E-state index in [1.54, 1.807) is 6.07 Å². The number of anilines is 1. The molecule has 0 aliphatic heterocycles. The zero-order valence-corrected chi connectivity index (χ0v) is 7.39. The summed E-state index contributed by atoms with van der Waals surface area (Å²) in [5, 5.41) is 6.66. The van der Waals surface area contributed by atoms with Gasteiger partial charge in [-0.1, -0.05) is 0 Å². The van der Waals surface area contributed by atoms with Crippen molar-refractivity contribution < 1.29 is 13.2 Å². The van der Waals surface area contributed by atoms with Crippen LogP contribution in [0.25, 0.3) is 11.5 Å². The molecule has 7 heteroatoms. The van der Waals surface area contributed by atoms with Gasteiger partial charge in [0.05, 0.1) is 0 Å². The summed E-state index contributed by atoms with van der Waals surface area (Å²) in [6.45, 7) is 0. The van der Waals surface area contributed by atoms with Gasteiger partial charge in [-0.15, -0.1) is 10.2 Å². The summed E-state index contributed by atoms with van der Waals surface area (Å²) in [6, 6.07) is 3.00. The zero-order chi connectivity index (χ0) is 10.8. The second kappa shape index (κ2) is 3.60. The topological polar surface area (TPSA) is 77.8 Å². The predicted molar refractivity (Wildman–Crippen MR) is 46.9 cm³/mol. The van der Waals surface area contributed by atoms with E-state index in [0.29, 0.717) is 5.56 Å². The normalized spacial score (nSPS) is 10.9. The highest BCUT2D eigenvalue weighted by atomic mass is 19.3. The van der Waals surface area contributed by atoms with Crippen LogP contribution in [0.1, 0.15) is 12.3 Å². The number of hydrogen-bond donors (Lipinski definition) is 1. The van der Waals surface area contributed by atoms with Crippen LogP contribution < -0.4 is 5.73 Å². The van der Waals surface area contributed by atoms with Crippen LogP contribution in [0.3, 0.4) is 0 Å². The number of hydrogen-bond acceptors (Lipinski definition) is 5. The van der Waals surface area contributed by atoms with E-state index >= 15 is 0 Å². The fourth-order valence-electron chi connectivity index (χ4n) is 1.02. The van der Waals surface area contributed by atoms with Crippen molar-refractivity contribution in [3.63, 3.8) is 0 Å². The number of nitrogen functional groups attached to an aromatic ring is 1. The van der Waals surface area contributed by atoms with Crippen molar-refractivity contribution in [3.05, 3.63) is 24.2 Å². The van der Waals surface area contributed by atoms with Gasteiger partial charge in [-0.2, -0.15) is 8.78 Å². The standard InChI is InChI=1S/C8H6F2N4O/c9-6(10)8-14-13-7(15-8)4-1-2-12-5(11)3-4/h1-3,6H,(H2,11,12). The fourth-order valence-corrected chi connectivity index (χ4v) is 1.02. The van der Waals surface area contributed by atoms with Gasteiger partial charge in [0, 0.05) is 11.8 Å². The van der Waals surface area contributed by atoms with Crippen LogP contribution in [0.5, 0.6) is 0 Å². The Bertz CT molecular complexity index is 471. The monoisotopic (exact) mass is 212 g/mol. The molecular weight excluding hydrogens is 206 g/mol. The third-order valence-electron chi connectivity index (χ3n) is 1.66. The minimum atomic E-state index is -2.77. The molecule has 0 radical (unpaired) electrons. The second-order valence-corrected chi connectivity index (χ2v) is 2.72. The van der Waals surface area contributed by atoms with E-state index in [1.165, 1.54) is 12.3 Å². The molecule has 0 atom stereocenters. The second-order valence-electron chi connectivity index (χ2n) is 2.72. The first-order valence-electron chi connectivity index (χ1n) is 4.00. The summed E-state index contributed by atoms with van der Waals surface area (Å²) in [5.41, 5.74) is 5.87. The predicted octanol–water partition coefficient (Wildman–Crippen LogP) is 1.65. The molecule has 0 aliphatic rings. The molecule has 0 fully saturated rings. The van der Waals surface area contributed by atoms with Crippen molar-refractivity contribution in [2.45, 2.75) is 6.43 Å². The van der Waals surface area contributed by atoms with Gasteiger partial charge in [0.15, 0.2) is 0 Å². The Kier molecular flexibility index (Phi) is 2.28. The molecule has 15 heavy (non-hydrogen) atoms. The molecule has 5 nitrogen and oxygen atoms in total. The highest BCUT2D eigenvalue weighted by Crippen LogP contribution is 2.23. The average Bonchev–Trinajstić information content (AvgIpc) is 2.66. The minimum Gasteiger partial charge on any atom is -0.415 e. The Morgan fingerprint density at radius 3 is 2.73 bits per heavy atom. The van der Waals surface area contributed by atoms with Gasteiger partial charge in [-0.05, 0) is 12.1 Å². The smallest absolute Gasteiger partial charge is 0.314 e. The molecule has 2 rings (SSSR count). The molecule has 0 bridgehead atoms. The molecule has 2 aromatic rings. The van der Waals surface area contributed by atoms with Crippen LogP contribution in [0.4, 0.5) is 14.6 Å². The minimum absolute atomic E-state index is 0.000556. The Balaban J connectivity index is 2.37. The van der Waals surface area contributed by atoms with Crippen molar-refractivity contribution in [3.8, 4) is 11.5 Å². The van der Waals surface area contributed by atoms with Crippen LogP contribution in [0, 0.1) is 0 Å². The van der Waals surface area contributed by atoms with Crippen molar-refractivity contribution in [1.29, 1.82) is 0 Å². The van der Waals surface area contributed by atoms with Gasteiger partial charge in [0.2, 0.25) is 5.89 Å². The van der Waals surface area contributed by atoms with Crippen LogP contribution in [-0.2, 0) is 0 Å². The molecule has 0 saturated carbocycles. The van der Waals surface area contributed by atoms with E-state index in [1.807, 2.05) is 0 Å². The molecule has 0 aromatic carbocycles. The van der Waals surface area contributed by atoms with E-state index in [0.717, 1.165) is 0 Å². The number of halogens is 2. The van der Waals surface area contributed by atoms with Crippen LogP contribution in [0.15, 0.2) is 22.7 Å². The molecule has 0 saturated heterocycles. The maximum absolute atomic E-state index is 12.1. The average molecular weight is 212 g/mol. The van der Waals surface area contributed by atoms with Gasteiger partial charge in [-0.3, -0.25) is 0 Å². The first-order chi connectivity index (χ1) is 7.16. The van der Waals surface area contributed by atoms with E-state index in [4.69, 9.17) is 10.2 Å². The third kappa shape index (κ3) is 1.90. The zero-order valence-electron chi connectivity index (χ0n) is 7.39. The summed E-state index contributed by atoms with van der Waals surface area (Å²) in [7, 11) is 0. The van der Waals surface area contributed by atoms with Crippen molar-refractivity contribution >= 4 is 5.82 Å². The highest BCUT2D eigenvalue weighted by molar-refractivity contribution is 5.56. The molecule has 0 amide bonds. The Morgan fingerprint density at radius 1 is 1.33 bits per heavy atom. The van der Waals surface area contributed by atoms with Gasteiger partial charge < -0.3 is 10.2 Å². The number of aromatic nitrogens is 3. The molecule has 78 valence electrons. The third-order valence-corrected chi connectivity index (χ3v) is 1.66. The first-order valence-corrected chi connectivity index (χ1v) is 4.00. The van der Waals surface area contributed by atoms with Crippen LogP contribution in [-0.4, -0.2) is 15.2 Å². The van der Waals surface area contributed by atoms with Crippen LogP contribution >= 0.6 is 0 Å². The van der Waals surface area contributed by atoms with Gasteiger partial charge in [0.1, 0.15) is 5.82 Å². The van der Waals surface area contributed by atoms with Crippen LogP contribution in [0.2, 0.25) is 0 Å². The summed E-state index contributed by atoms with van der Waals surface area (Å²) in [5.74, 6) is -0.455. The Hall–Kier alpha value is -2.05. The van der Waals surface area contributed by atoms with Gasteiger partial charge in [0.25, 0.3) is 5.89 Å². The van der Waals surface area contributed by atoms with E-state index in [-0.39, 0.29) is 11.7 Å². The summed E-state index contributed by atoms with van der Waals surface area (Å²) >= 11 is 0. The molecule has 0 spiro atoms. The molecular formula is C8H6F2N4O. The molecule has 0 unspecified atom stereocenters. The summed E-state index contributed by atoms with van der Waals surface area (Å²) in [4.78, 5) is 3.75. The Morgan fingerprint density at radius 2 is 2.13 bits per heavy atom. The molecule has 2 aromatic heterocycles. The molecule has 2 heterocycles. The number of nitrogens with zero attached hydrogens (tertiary/aromatic N) is 3. The van der Waals surface area contributed by atoms with Gasteiger partial charge >= 0.3 is 6.43 Å². The van der Waals surface area contributed by atoms with Crippen molar-refractivity contribution in [1.82, 2.24) is 15.2 Å². The van der Waals surface area contributed by atoms with Crippen molar-refractivity contribution in [2.24, 2.45) is 0 Å². The summed E-state index contributed by atoms with van der Waals surface area (Å²) < 4.78 is 29.0. The number of alkyl halides is 2. The largest absolute Gasteiger partial charge is 0.415 e. The van der Waals surface area contributed by atoms with Gasteiger partial charge in [-0.25, -0.2) is 4.98 Å². The SMILES string of the molecule is Nc1cc(-c2nnc(C(F)F)o2)ccn1. The first kappa shape index (κ1) is 9.50. The lowest BCUT2D eigenvalue weighted by atomic mass is 10.2.